The second-order valence-corrected chi connectivity index (χ2v) is 3.41. The Morgan fingerprint density at radius 1 is 1.36 bits per heavy atom. The van der Waals surface area contributed by atoms with Gasteiger partial charge in [-0.3, -0.25) is 9.59 Å². The van der Waals surface area contributed by atoms with Crippen molar-refractivity contribution < 1.29 is 19.8 Å². The van der Waals surface area contributed by atoms with Crippen LogP contribution >= 0.6 is 0 Å². The molecule has 0 aliphatic rings. The Labute approximate surface area is 82.1 Å². The molecule has 0 aliphatic carbocycles. The summed E-state index contributed by atoms with van der Waals surface area (Å²) in [6.45, 7) is 3.27. The molecule has 0 aromatic rings. The standard InChI is InChI=1S/C8H16N2O4/c1-4(2)7(6(9)8(13)14)10-3-5(11)12/h4,6-7,10H,3,9H2,1-2H3,(H,11,12)(H,13,14)/t6-,7?/m0/s1. The monoisotopic (exact) mass is 204 g/mol. The minimum absolute atomic E-state index is 0.0413. The van der Waals surface area contributed by atoms with Crippen LogP contribution in [0.15, 0.2) is 0 Å². The molecule has 0 amide bonds. The largest absolute Gasteiger partial charge is 0.480 e. The number of carboxylic acid groups (broad SMARTS) is 2. The highest BCUT2D eigenvalue weighted by atomic mass is 16.4. The van der Waals surface area contributed by atoms with Crippen molar-refractivity contribution in [2.24, 2.45) is 11.7 Å². The summed E-state index contributed by atoms with van der Waals surface area (Å²) >= 11 is 0. The molecule has 5 N–H and O–H groups in total. The third-order valence-electron chi connectivity index (χ3n) is 1.88. The van der Waals surface area contributed by atoms with Gasteiger partial charge in [0.15, 0.2) is 0 Å². The van der Waals surface area contributed by atoms with Crippen LogP contribution in [-0.2, 0) is 9.59 Å². The quantitative estimate of drug-likeness (QED) is 0.446. The Hall–Kier alpha value is -1.14. The number of nitrogens with one attached hydrogen (secondary N) is 1. The summed E-state index contributed by atoms with van der Waals surface area (Å²) in [5.74, 6) is -2.21. The summed E-state index contributed by atoms with van der Waals surface area (Å²) < 4.78 is 0. The summed E-state index contributed by atoms with van der Waals surface area (Å²) in [5, 5.41) is 19.7. The fourth-order valence-corrected chi connectivity index (χ4v) is 1.14. The maximum Gasteiger partial charge on any atom is 0.322 e. The molecule has 6 nitrogen and oxygen atoms in total. The van der Waals surface area contributed by atoms with Gasteiger partial charge in [0.05, 0.1) is 6.54 Å². The van der Waals surface area contributed by atoms with E-state index in [1.165, 1.54) is 0 Å². The first-order valence-electron chi connectivity index (χ1n) is 4.29. The Bertz CT molecular complexity index is 217. The Kier molecular flexibility index (Phi) is 5.11. The van der Waals surface area contributed by atoms with Crippen LogP contribution in [0.4, 0.5) is 0 Å². The SMILES string of the molecule is CC(C)C(NCC(=O)O)[C@H](N)C(=O)O. The van der Waals surface area contributed by atoms with Gasteiger partial charge in [0, 0.05) is 6.04 Å². The Morgan fingerprint density at radius 2 is 1.86 bits per heavy atom. The summed E-state index contributed by atoms with van der Waals surface area (Å²) in [5.41, 5.74) is 5.39. The van der Waals surface area contributed by atoms with E-state index in [-0.39, 0.29) is 12.5 Å². The van der Waals surface area contributed by atoms with Crippen molar-refractivity contribution in [3.63, 3.8) is 0 Å². The van der Waals surface area contributed by atoms with E-state index in [9.17, 15) is 9.59 Å². The lowest BCUT2D eigenvalue weighted by atomic mass is 9.97. The normalized spacial score (nSPS) is 15.1. The molecule has 0 fully saturated rings. The number of hydrogen-bond donors (Lipinski definition) is 4. The molecule has 1 unspecified atom stereocenters. The topological polar surface area (TPSA) is 113 Å². The van der Waals surface area contributed by atoms with Gasteiger partial charge >= 0.3 is 11.9 Å². The van der Waals surface area contributed by atoms with Crippen LogP contribution in [0.2, 0.25) is 0 Å². The molecule has 14 heavy (non-hydrogen) atoms. The zero-order valence-electron chi connectivity index (χ0n) is 8.23. The number of nitrogens with two attached hydrogens (primary N) is 1. The van der Waals surface area contributed by atoms with Crippen LogP contribution in [0, 0.1) is 5.92 Å². The summed E-state index contributed by atoms with van der Waals surface area (Å²) in [6.07, 6.45) is 0. The lowest BCUT2D eigenvalue weighted by Crippen LogP contribution is -2.53. The first kappa shape index (κ1) is 12.9. The molecule has 0 rings (SSSR count). The van der Waals surface area contributed by atoms with Crippen LogP contribution in [0.1, 0.15) is 13.8 Å². The van der Waals surface area contributed by atoms with Crippen molar-refractivity contribution >= 4 is 11.9 Å². The molecular weight excluding hydrogens is 188 g/mol. The first-order chi connectivity index (χ1) is 6.36. The summed E-state index contributed by atoms with van der Waals surface area (Å²) in [6, 6.07) is -1.63. The third-order valence-corrected chi connectivity index (χ3v) is 1.88. The number of hydrogen-bond acceptors (Lipinski definition) is 4. The Morgan fingerprint density at radius 3 is 2.14 bits per heavy atom. The van der Waals surface area contributed by atoms with E-state index >= 15 is 0 Å². The molecule has 0 aromatic heterocycles. The molecule has 0 aromatic carbocycles. The maximum atomic E-state index is 10.6. The van der Waals surface area contributed by atoms with Gasteiger partial charge in [-0.2, -0.15) is 0 Å². The number of carbonyl (C=O) groups is 2. The minimum atomic E-state index is -1.14. The lowest BCUT2D eigenvalue weighted by Gasteiger charge is -2.24. The highest BCUT2D eigenvalue weighted by Gasteiger charge is 2.26. The molecule has 0 saturated heterocycles. The van der Waals surface area contributed by atoms with Crippen molar-refractivity contribution in [1.29, 1.82) is 0 Å². The van der Waals surface area contributed by atoms with Gasteiger partial charge in [0.1, 0.15) is 6.04 Å². The fraction of sp³-hybridized carbons (Fsp3) is 0.750. The molecule has 0 aliphatic heterocycles. The molecule has 0 heterocycles. The smallest absolute Gasteiger partial charge is 0.322 e. The molecule has 0 radical (unpaired) electrons. The molecule has 6 heteroatoms. The summed E-state index contributed by atoms with van der Waals surface area (Å²) in [7, 11) is 0. The van der Waals surface area contributed by atoms with Gasteiger partial charge in [0.25, 0.3) is 0 Å². The van der Waals surface area contributed by atoms with E-state index < -0.39 is 24.0 Å². The van der Waals surface area contributed by atoms with E-state index in [1.807, 2.05) is 0 Å². The average molecular weight is 204 g/mol. The van der Waals surface area contributed by atoms with Gasteiger partial charge in [-0.25, -0.2) is 0 Å². The van der Waals surface area contributed by atoms with Crippen molar-refractivity contribution in [2.75, 3.05) is 6.54 Å². The van der Waals surface area contributed by atoms with Crippen molar-refractivity contribution in [2.45, 2.75) is 25.9 Å². The maximum absolute atomic E-state index is 10.6. The molecule has 2 atom stereocenters. The van der Waals surface area contributed by atoms with E-state index in [0.717, 1.165) is 0 Å². The molecule has 0 bridgehead atoms. The van der Waals surface area contributed by atoms with Gasteiger partial charge in [0.2, 0.25) is 0 Å². The van der Waals surface area contributed by atoms with Gasteiger partial charge < -0.3 is 21.3 Å². The van der Waals surface area contributed by atoms with E-state index in [0.29, 0.717) is 0 Å². The van der Waals surface area contributed by atoms with E-state index in [4.69, 9.17) is 15.9 Å². The van der Waals surface area contributed by atoms with Crippen LogP contribution < -0.4 is 11.1 Å². The molecule has 82 valence electrons. The highest BCUT2D eigenvalue weighted by Crippen LogP contribution is 2.05. The van der Waals surface area contributed by atoms with Gasteiger partial charge in [-0.15, -0.1) is 0 Å². The zero-order valence-corrected chi connectivity index (χ0v) is 8.23. The lowest BCUT2D eigenvalue weighted by molar-refractivity contribution is -0.141. The fourth-order valence-electron chi connectivity index (χ4n) is 1.14. The second-order valence-electron chi connectivity index (χ2n) is 3.41. The van der Waals surface area contributed by atoms with Crippen LogP contribution in [0.3, 0.4) is 0 Å². The van der Waals surface area contributed by atoms with Crippen molar-refractivity contribution in [3.05, 3.63) is 0 Å². The predicted molar refractivity (Wildman–Crippen MR) is 49.9 cm³/mol. The minimum Gasteiger partial charge on any atom is -0.480 e. The predicted octanol–water partition coefficient (Wildman–Crippen LogP) is -0.903. The van der Waals surface area contributed by atoms with Crippen molar-refractivity contribution in [1.82, 2.24) is 5.32 Å². The van der Waals surface area contributed by atoms with Crippen LogP contribution in [0.25, 0.3) is 0 Å². The first-order valence-corrected chi connectivity index (χ1v) is 4.29. The van der Waals surface area contributed by atoms with E-state index in [2.05, 4.69) is 5.32 Å². The summed E-state index contributed by atoms with van der Waals surface area (Å²) in [4.78, 5) is 20.8. The molecule has 0 spiro atoms. The second kappa shape index (κ2) is 5.56. The van der Waals surface area contributed by atoms with Crippen LogP contribution in [-0.4, -0.2) is 40.8 Å². The van der Waals surface area contributed by atoms with Gasteiger partial charge in [-0.05, 0) is 5.92 Å². The number of rotatable bonds is 6. The highest BCUT2D eigenvalue weighted by molar-refractivity contribution is 5.74. The zero-order chi connectivity index (χ0) is 11.3. The van der Waals surface area contributed by atoms with Crippen LogP contribution in [0.5, 0.6) is 0 Å². The van der Waals surface area contributed by atoms with Gasteiger partial charge in [-0.1, -0.05) is 13.8 Å². The Balaban J connectivity index is 4.29. The number of aliphatic carboxylic acids is 2. The van der Waals surface area contributed by atoms with Crippen molar-refractivity contribution in [3.8, 4) is 0 Å². The number of carboxylic acids is 2. The third kappa shape index (κ3) is 4.20. The van der Waals surface area contributed by atoms with E-state index in [1.54, 1.807) is 13.8 Å². The molecule has 0 saturated carbocycles. The molecular formula is C8H16N2O4. The average Bonchev–Trinajstić information content (AvgIpc) is 2.02.